The van der Waals surface area contributed by atoms with Crippen molar-refractivity contribution in [1.29, 1.82) is 0 Å². The monoisotopic (exact) mass is 295 g/mol. The van der Waals surface area contributed by atoms with Crippen molar-refractivity contribution in [3.05, 3.63) is 28.8 Å². The summed E-state index contributed by atoms with van der Waals surface area (Å²) in [7, 11) is 3.04. The van der Waals surface area contributed by atoms with E-state index in [1.54, 1.807) is 7.11 Å². The molecule has 4 rings (SSSR count). The predicted octanol–water partition coefficient (Wildman–Crippen LogP) is 2.27. The van der Waals surface area contributed by atoms with Crippen molar-refractivity contribution in [2.24, 2.45) is 11.1 Å². The van der Waals surface area contributed by atoms with Crippen LogP contribution in [0.3, 0.4) is 0 Å². The average Bonchev–Trinajstić information content (AvgIpc) is 2.35. The zero-order valence-corrected chi connectivity index (χ0v) is 12.4. The lowest BCUT2D eigenvalue weighted by molar-refractivity contribution is -0.181. The number of nitrogens with two attached hydrogens (primary N) is 1. The second-order valence-corrected chi connectivity index (χ2v) is 6.45. The van der Waals surface area contributed by atoms with E-state index in [-0.39, 0.29) is 16.8 Å². The summed E-state index contributed by atoms with van der Waals surface area (Å²) in [6.45, 7) is 0. The van der Waals surface area contributed by atoms with E-state index < -0.39 is 6.04 Å². The third-order valence-electron chi connectivity index (χ3n) is 4.92. The van der Waals surface area contributed by atoms with Gasteiger partial charge in [0.15, 0.2) is 0 Å². The zero-order chi connectivity index (χ0) is 14.5. The second-order valence-electron chi connectivity index (χ2n) is 6.02. The number of rotatable bonds is 4. The minimum atomic E-state index is -0.528. The van der Waals surface area contributed by atoms with Crippen molar-refractivity contribution < 1.29 is 14.3 Å². The Morgan fingerprint density at radius 3 is 2.55 bits per heavy atom. The molecule has 3 aliphatic carbocycles. The lowest BCUT2D eigenvalue weighted by Gasteiger charge is -2.72. The number of halogens is 1. The van der Waals surface area contributed by atoms with Crippen molar-refractivity contribution in [2.75, 3.05) is 14.2 Å². The van der Waals surface area contributed by atoms with Crippen LogP contribution in [0, 0.1) is 5.41 Å². The molecular weight excluding hydrogens is 278 g/mol. The summed E-state index contributed by atoms with van der Waals surface area (Å²) in [6.07, 6.45) is 2.69. The Balaban J connectivity index is 1.82. The molecule has 1 aromatic rings. The Hall–Kier alpha value is -1.26. The molecular formula is C15H18ClNO3. The number of ether oxygens (including phenoxy) is 2. The molecule has 108 valence electrons. The van der Waals surface area contributed by atoms with Crippen molar-refractivity contribution in [2.45, 2.75) is 30.7 Å². The number of carbonyl (C=O) groups excluding carboxylic acids is 1. The standard InChI is InChI=1S/C15H18ClNO3/c1-19-11-4-3-9(16)5-10(11)14-6-15(7-14,8-14)12(17)13(18)20-2/h3-5,12H,6-8,17H2,1-2H3. The lowest BCUT2D eigenvalue weighted by Crippen LogP contribution is -2.72. The van der Waals surface area contributed by atoms with E-state index in [0.717, 1.165) is 30.6 Å². The van der Waals surface area contributed by atoms with Crippen molar-refractivity contribution >= 4 is 17.6 Å². The first-order valence-corrected chi connectivity index (χ1v) is 7.02. The summed E-state index contributed by atoms with van der Waals surface area (Å²) in [5.41, 5.74) is 7.12. The molecule has 1 atom stereocenters. The van der Waals surface area contributed by atoms with Crippen LogP contribution in [0.2, 0.25) is 5.02 Å². The van der Waals surface area contributed by atoms with Gasteiger partial charge >= 0.3 is 5.97 Å². The van der Waals surface area contributed by atoms with Gasteiger partial charge in [-0.2, -0.15) is 0 Å². The Morgan fingerprint density at radius 1 is 1.35 bits per heavy atom. The molecule has 4 nitrogen and oxygen atoms in total. The molecule has 0 heterocycles. The van der Waals surface area contributed by atoms with Crippen LogP contribution in [0.4, 0.5) is 0 Å². The minimum Gasteiger partial charge on any atom is -0.496 e. The van der Waals surface area contributed by atoms with Crippen molar-refractivity contribution in [3.63, 3.8) is 0 Å². The van der Waals surface area contributed by atoms with Gasteiger partial charge in [-0.25, -0.2) is 0 Å². The second kappa shape index (κ2) is 4.37. The lowest BCUT2D eigenvalue weighted by atomic mass is 9.31. The molecule has 0 aliphatic heterocycles. The Labute approximate surface area is 123 Å². The van der Waals surface area contributed by atoms with Gasteiger partial charge in [-0.3, -0.25) is 4.79 Å². The van der Waals surface area contributed by atoms with E-state index >= 15 is 0 Å². The van der Waals surface area contributed by atoms with Crippen LogP contribution in [-0.4, -0.2) is 26.2 Å². The maximum atomic E-state index is 11.6. The SMILES string of the molecule is COC(=O)C(N)C12CC(c3cc(Cl)ccc3OC)(C1)C2. The van der Waals surface area contributed by atoms with Gasteiger partial charge in [0.1, 0.15) is 11.8 Å². The van der Waals surface area contributed by atoms with E-state index in [0.29, 0.717) is 5.02 Å². The first-order chi connectivity index (χ1) is 9.46. The molecule has 5 heteroatoms. The molecule has 0 aromatic heterocycles. The highest BCUT2D eigenvalue weighted by Crippen LogP contribution is 2.75. The maximum Gasteiger partial charge on any atom is 0.323 e. The average molecular weight is 296 g/mol. The number of hydrogen-bond donors (Lipinski definition) is 1. The Bertz CT molecular complexity index is 552. The van der Waals surface area contributed by atoms with E-state index in [9.17, 15) is 4.79 Å². The molecule has 2 bridgehead atoms. The highest BCUT2D eigenvalue weighted by molar-refractivity contribution is 6.30. The summed E-state index contributed by atoms with van der Waals surface area (Å²) in [5.74, 6) is 0.533. The van der Waals surface area contributed by atoms with Crippen LogP contribution >= 0.6 is 11.6 Å². The third kappa shape index (κ3) is 1.68. The normalized spacial score (nSPS) is 31.8. The smallest absolute Gasteiger partial charge is 0.323 e. The fourth-order valence-corrected chi connectivity index (χ4v) is 4.13. The third-order valence-corrected chi connectivity index (χ3v) is 5.15. The molecule has 1 unspecified atom stereocenters. The van der Waals surface area contributed by atoms with E-state index in [2.05, 4.69) is 0 Å². The molecule has 3 aliphatic rings. The molecule has 3 saturated carbocycles. The minimum absolute atomic E-state index is 0.0713. The summed E-state index contributed by atoms with van der Waals surface area (Å²) < 4.78 is 10.2. The topological polar surface area (TPSA) is 61.5 Å². The summed E-state index contributed by atoms with van der Waals surface area (Å²) >= 11 is 6.09. The van der Waals surface area contributed by atoms with Gasteiger partial charge in [-0.05, 0) is 42.9 Å². The van der Waals surface area contributed by atoms with Gasteiger partial charge < -0.3 is 15.2 Å². The molecule has 0 amide bonds. The Morgan fingerprint density at radius 2 is 2.00 bits per heavy atom. The summed E-state index contributed by atoms with van der Waals surface area (Å²) in [6, 6.07) is 5.16. The van der Waals surface area contributed by atoms with Gasteiger partial charge in [0.05, 0.1) is 14.2 Å². The van der Waals surface area contributed by atoms with E-state index in [1.165, 1.54) is 7.11 Å². The Kier molecular flexibility index (Phi) is 2.99. The number of benzene rings is 1. The van der Waals surface area contributed by atoms with Gasteiger partial charge in [0.2, 0.25) is 0 Å². The summed E-state index contributed by atoms with van der Waals surface area (Å²) in [4.78, 5) is 11.6. The number of carbonyl (C=O) groups is 1. The van der Waals surface area contributed by atoms with Gasteiger partial charge in [0, 0.05) is 16.0 Å². The van der Waals surface area contributed by atoms with Gasteiger partial charge in [0.25, 0.3) is 0 Å². The van der Waals surface area contributed by atoms with Crippen LogP contribution in [-0.2, 0) is 14.9 Å². The first-order valence-electron chi connectivity index (χ1n) is 6.64. The van der Waals surface area contributed by atoms with Crippen LogP contribution in [0.5, 0.6) is 5.75 Å². The maximum absolute atomic E-state index is 11.6. The molecule has 3 fully saturated rings. The summed E-state index contributed by atoms with van der Waals surface area (Å²) in [5, 5.41) is 0.705. The fourth-order valence-electron chi connectivity index (χ4n) is 3.95. The van der Waals surface area contributed by atoms with Crippen LogP contribution in [0.25, 0.3) is 0 Å². The number of methoxy groups -OCH3 is 2. The van der Waals surface area contributed by atoms with Crippen LogP contribution in [0.1, 0.15) is 24.8 Å². The van der Waals surface area contributed by atoms with E-state index in [4.69, 9.17) is 26.8 Å². The number of hydrogen-bond acceptors (Lipinski definition) is 4. The van der Waals surface area contributed by atoms with Gasteiger partial charge in [-0.1, -0.05) is 11.6 Å². The largest absolute Gasteiger partial charge is 0.496 e. The highest BCUT2D eigenvalue weighted by Gasteiger charge is 2.72. The molecule has 20 heavy (non-hydrogen) atoms. The quantitative estimate of drug-likeness (QED) is 0.866. The molecule has 1 aromatic carbocycles. The molecule has 2 N–H and O–H groups in total. The highest BCUT2D eigenvalue weighted by atomic mass is 35.5. The van der Waals surface area contributed by atoms with Crippen molar-refractivity contribution in [3.8, 4) is 5.75 Å². The van der Waals surface area contributed by atoms with Crippen LogP contribution < -0.4 is 10.5 Å². The van der Waals surface area contributed by atoms with E-state index in [1.807, 2.05) is 18.2 Å². The fraction of sp³-hybridized carbons (Fsp3) is 0.533. The van der Waals surface area contributed by atoms with Crippen LogP contribution in [0.15, 0.2) is 18.2 Å². The predicted molar refractivity (Wildman–Crippen MR) is 76.0 cm³/mol. The van der Waals surface area contributed by atoms with Gasteiger partial charge in [-0.15, -0.1) is 0 Å². The zero-order valence-electron chi connectivity index (χ0n) is 11.6. The molecule has 0 radical (unpaired) electrons. The molecule has 0 spiro atoms. The number of esters is 1. The first kappa shape index (κ1) is 13.7. The van der Waals surface area contributed by atoms with Crippen molar-refractivity contribution in [1.82, 2.24) is 0 Å². The molecule has 0 saturated heterocycles.